The first-order valence-corrected chi connectivity index (χ1v) is 3.01. The minimum Gasteiger partial charge on any atom is -0.364 e. The normalized spacial score (nSPS) is 16.8. The highest BCUT2D eigenvalue weighted by molar-refractivity contribution is 7.80. The molecule has 54 valence electrons. The number of carbonyl (C=O) groups excluding carboxylic acids is 1. The molecule has 0 aliphatic carbocycles. The van der Waals surface area contributed by atoms with E-state index in [1.54, 1.807) is 0 Å². The number of primary amides is 1. The number of thiocarbonyl (C=S) groups is 1. The molecule has 5 nitrogen and oxygen atoms in total. The summed E-state index contributed by atoms with van der Waals surface area (Å²) in [6, 6.07) is 0. The number of hydrogen-bond donors (Lipinski definition) is 3. The summed E-state index contributed by atoms with van der Waals surface area (Å²) in [6.07, 6.45) is 0. The molecule has 1 amide bonds. The lowest BCUT2D eigenvalue weighted by Gasteiger charge is -2.12. The van der Waals surface area contributed by atoms with Gasteiger partial charge in [0.15, 0.2) is 5.11 Å². The number of nitrogens with two attached hydrogens (primary N) is 1. The molecule has 1 heterocycles. The molecule has 0 fully saturated rings. The summed E-state index contributed by atoms with van der Waals surface area (Å²) >= 11 is 4.66. The Morgan fingerprint density at radius 3 is 2.90 bits per heavy atom. The number of hydrazone groups is 1. The number of carbonyl (C=O) groups is 1. The third-order valence-electron chi connectivity index (χ3n) is 0.993. The van der Waals surface area contributed by atoms with Gasteiger partial charge in [-0.1, -0.05) is 0 Å². The van der Waals surface area contributed by atoms with E-state index in [0.29, 0.717) is 11.7 Å². The molecule has 0 atom stereocenters. The van der Waals surface area contributed by atoms with E-state index in [9.17, 15) is 4.79 Å². The Kier molecular flexibility index (Phi) is 1.81. The average Bonchev–Trinajstić information content (AvgIpc) is 1.88. The summed E-state index contributed by atoms with van der Waals surface area (Å²) in [6.45, 7) is 0.307. The molecule has 0 saturated heterocycles. The summed E-state index contributed by atoms with van der Waals surface area (Å²) in [5.41, 5.74) is 7.60. The summed E-state index contributed by atoms with van der Waals surface area (Å²) in [5.74, 6) is -0.539. The fourth-order valence-electron chi connectivity index (χ4n) is 0.504. The van der Waals surface area contributed by atoms with Crippen LogP contribution in [0.15, 0.2) is 5.10 Å². The van der Waals surface area contributed by atoms with Crippen LogP contribution in [0.5, 0.6) is 0 Å². The zero-order chi connectivity index (χ0) is 7.56. The van der Waals surface area contributed by atoms with Crippen LogP contribution in [0, 0.1) is 0 Å². The van der Waals surface area contributed by atoms with Gasteiger partial charge in [-0.2, -0.15) is 5.10 Å². The Labute approximate surface area is 62.7 Å². The van der Waals surface area contributed by atoms with Gasteiger partial charge in [0.05, 0.1) is 6.54 Å². The fraction of sp³-hybridized carbons (Fsp3) is 0.250. The fourth-order valence-corrected chi connectivity index (χ4v) is 0.621. The van der Waals surface area contributed by atoms with Gasteiger partial charge in [0, 0.05) is 0 Å². The predicted molar refractivity (Wildman–Crippen MR) is 40.4 cm³/mol. The molecule has 0 bridgehead atoms. The standard InChI is InChI=1S/C4H6N4OS/c5-3(9)2-1-6-4(10)8-7-2/h1H2,(H2,5,9)(H2,6,8,10). The van der Waals surface area contributed by atoms with Crippen molar-refractivity contribution in [3.05, 3.63) is 0 Å². The van der Waals surface area contributed by atoms with Crippen LogP contribution in [0.4, 0.5) is 0 Å². The zero-order valence-corrected chi connectivity index (χ0v) is 5.86. The molecule has 0 unspecified atom stereocenters. The lowest BCUT2D eigenvalue weighted by atomic mass is 10.3. The summed E-state index contributed by atoms with van der Waals surface area (Å²) in [5, 5.41) is 6.71. The van der Waals surface area contributed by atoms with E-state index >= 15 is 0 Å². The van der Waals surface area contributed by atoms with Crippen molar-refractivity contribution in [2.75, 3.05) is 6.54 Å². The molecule has 0 aromatic carbocycles. The van der Waals surface area contributed by atoms with Gasteiger partial charge in [-0.25, -0.2) is 0 Å². The molecule has 4 N–H and O–H groups in total. The highest BCUT2D eigenvalue weighted by atomic mass is 32.1. The minimum atomic E-state index is -0.539. The largest absolute Gasteiger partial charge is 0.364 e. The number of rotatable bonds is 1. The maximum atomic E-state index is 10.4. The number of amides is 1. The van der Waals surface area contributed by atoms with Crippen LogP contribution >= 0.6 is 12.2 Å². The van der Waals surface area contributed by atoms with E-state index in [0.717, 1.165) is 0 Å². The average molecular weight is 158 g/mol. The predicted octanol–water partition coefficient (Wildman–Crippen LogP) is -1.69. The van der Waals surface area contributed by atoms with Crippen molar-refractivity contribution in [3.8, 4) is 0 Å². The Morgan fingerprint density at radius 2 is 2.50 bits per heavy atom. The maximum absolute atomic E-state index is 10.4. The third-order valence-corrected chi connectivity index (χ3v) is 1.23. The van der Waals surface area contributed by atoms with Crippen LogP contribution in [0.25, 0.3) is 0 Å². The smallest absolute Gasteiger partial charge is 0.266 e. The molecule has 1 aliphatic rings. The van der Waals surface area contributed by atoms with Crippen LogP contribution in [0.2, 0.25) is 0 Å². The van der Waals surface area contributed by atoms with Crippen molar-refractivity contribution < 1.29 is 4.79 Å². The van der Waals surface area contributed by atoms with Crippen molar-refractivity contribution in [1.82, 2.24) is 10.7 Å². The van der Waals surface area contributed by atoms with E-state index in [1.165, 1.54) is 0 Å². The quantitative estimate of drug-likeness (QED) is 0.398. The number of hydrogen-bond acceptors (Lipinski definition) is 3. The molecule has 0 aromatic rings. The van der Waals surface area contributed by atoms with Crippen molar-refractivity contribution in [2.24, 2.45) is 10.8 Å². The Bertz CT molecular complexity index is 211. The molecule has 1 aliphatic heterocycles. The molecule has 0 aromatic heterocycles. The Balaban J connectivity index is 2.65. The third kappa shape index (κ3) is 1.41. The van der Waals surface area contributed by atoms with Gasteiger partial charge in [-0.05, 0) is 12.2 Å². The first-order chi connectivity index (χ1) is 4.70. The molecule has 0 radical (unpaired) electrons. The van der Waals surface area contributed by atoms with Crippen LogP contribution in [-0.2, 0) is 4.79 Å². The minimum absolute atomic E-state index is 0.258. The van der Waals surface area contributed by atoms with Gasteiger partial charge in [0.25, 0.3) is 5.91 Å². The Hall–Kier alpha value is -1.17. The first-order valence-electron chi connectivity index (χ1n) is 2.60. The molecule has 0 spiro atoms. The highest BCUT2D eigenvalue weighted by Crippen LogP contribution is 1.81. The molecular formula is C4H6N4OS. The van der Waals surface area contributed by atoms with E-state index in [4.69, 9.17) is 5.73 Å². The van der Waals surface area contributed by atoms with Crippen molar-refractivity contribution in [3.63, 3.8) is 0 Å². The van der Waals surface area contributed by atoms with Gasteiger partial charge in [0.2, 0.25) is 0 Å². The van der Waals surface area contributed by atoms with Crippen LogP contribution < -0.4 is 16.5 Å². The molecule has 1 rings (SSSR count). The second-order valence-corrected chi connectivity index (χ2v) is 2.13. The summed E-state index contributed by atoms with van der Waals surface area (Å²) in [4.78, 5) is 10.4. The second-order valence-electron chi connectivity index (χ2n) is 1.72. The topological polar surface area (TPSA) is 79.5 Å². The first kappa shape index (κ1) is 6.94. The van der Waals surface area contributed by atoms with Crippen molar-refractivity contribution >= 4 is 28.9 Å². The van der Waals surface area contributed by atoms with Gasteiger partial charge in [-0.3, -0.25) is 10.2 Å². The van der Waals surface area contributed by atoms with E-state index < -0.39 is 5.91 Å². The van der Waals surface area contributed by atoms with E-state index in [-0.39, 0.29) is 5.71 Å². The second kappa shape index (κ2) is 2.61. The number of nitrogens with one attached hydrogen (secondary N) is 2. The lowest BCUT2D eigenvalue weighted by Crippen LogP contribution is -2.46. The van der Waals surface area contributed by atoms with Crippen LogP contribution in [-0.4, -0.2) is 23.3 Å². The van der Waals surface area contributed by atoms with Crippen LogP contribution in [0.1, 0.15) is 0 Å². The SMILES string of the molecule is NC(=O)C1=NNC(=S)NC1. The molecular weight excluding hydrogens is 152 g/mol. The number of nitrogens with zero attached hydrogens (tertiary/aromatic N) is 1. The Morgan fingerprint density at radius 1 is 1.80 bits per heavy atom. The molecule has 0 saturated carbocycles. The van der Waals surface area contributed by atoms with Gasteiger partial charge in [0.1, 0.15) is 5.71 Å². The molecule has 10 heavy (non-hydrogen) atoms. The molecule has 6 heteroatoms. The van der Waals surface area contributed by atoms with E-state index in [1.807, 2.05) is 0 Å². The van der Waals surface area contributed by atoms with Crippen molar-refractivity contribution in [2.45, 2.75) is 0 Å². The van der Waals surface area contributed by atoms with Crippen molar-refractivity contribution in [1.29, 1.82) is 0 Å². The highest BCUT2D eigenvalue weighted by Gasteiger charge is 2.11. The monoisotopic (exact) mass is 158 g/mol. The van der Waals surface area contributed by atoms with Gasteiger partial charge in [-0.15, -0.1) is 0 Å². The van der Waals surface area contributed by atoms with Gasteiger partial charge < -0.3 is 11.1 Å². The maximum Gasteiger partial charge on any atom is 0.266 e. The summed E-state index contributed by atoms with van der Waals surface area (Å²) in [7, 11) is 0. The lowest BCUT2D eigenvalue weighted by molar-refractivity contribution is -0.112. The van der Waals surface area contributed by atoms with Crippen LogP contribution in [0.3, 0.4) is 0 Å². The zero-order valence-electron chi connectivity index (χ0n) is 5.05. The van der Waals surface area contributed by atoms with E-state index in [2.05, 4.69) is 28.1 Å². The summed E-state index contributed by atoms with van der Waals surface area (Å²) < 4.78 is 0. The van der Waals surface area contributed by atoms with Gasteiger partial charge >= 0.3 is 0 Å².